The Labute approximate surface area is 153 Å². The Balaban J connectivity index is 1.41. The first-order valence-corrected chi connectivity index (χ1v) is 9.33. The number of nitrogens with zero attached hydrogens (tertiary/aromatic N) is 2. The van der Waals surface area contributed by atoms with E-state index in [9.17, 15) is 4.79 Å². The molecule has 6 nitrogen and oxygen atoms in total. The Morgan fingerprint density at radius 1 is 1.27 bits per heavy atom. The van der Waals surface area contributed by atoms with Crippen LogP contribution in [0.2, 0.25) is 0 Å². The second-order valence-corrected chi connectivity index (χ2v) is 7.20. The predicted molar refractivity (Wildman–Crippen MR) is 97.1 cm³/mol. The molecule has 6 heteroatoms. The number of fused-ring (bicyclic) bond motifs is 1. The zero-order valence-corrected chi connectivity index (χ0v) is 15.2. The molecule has 2 aromatic rings. The minimum Gasteiger partial charge on any atom is -0.379 e. The molecule has 4 rings (SSSR count). The molecule has 1 saturated heterocycles. The monoisotopic (exact) mass is 355 g/mol. The molecule has 0 bridgehead atoms. The van der Waals surface area contributed by atoms with Gasteiger partial charge in [-0.05, 0) is 31.9 Å². The minimum atomic E-state index is -0.00960. The van der Waals surface area contributed by atoms with E-state index in [4.69, 9.17) is 9.26 Å². The van der Waals surface area contributed by atoms with E-state index >= 15 is 0 Å². The summed E-state index contributed by atoms with van der Waals surface area (Å²) < 4.78 is 11.0. The van der Waals surface area contributed by atoms with E-state index in [0.717, 1.165) is 69.1 Å². The molecule has 1 fully saturated rings. The summed E-state index contributed by atoms with van der Waals surface area (Å²) in [6.07, 6.45) is 2.50. The van der Waals surface area contributed by atoms with Crippen molar-refractivity contribution < 1.29 is 14.1 Å². The largest absolute Gasteiger partial charge is 0.379 e. The van der Waals surface area contributed by atoms with Gasteiger partial charge in [0.1, 0.15) is 11.5 Å². The van der Waals surface area contributed by atoms with Gasteiger partial charge in [-0.25, -0.2) is 0 Å². The Kier molecular flexibility index (Phi) is 5.04. The molecule has 1 aromatic heterocycles. The summed E-state index contributed by atoms with van der Waals surface area (Å²) in [5.41, 5.74) is 4.05. The van der Waals surface area contributed by atoms with E-state index in [1.807, 2.05) is 31.2 Å². The Hall–Kier alpha value is -2.18. The van der Waals surface area contributed by atoms with Crippen molar-refractivity contribution in [3.63, 3.8) is 0 Å². The Bertz CT molecular complexity index is 763. The molecule has 1 amide bonds. The summed E-state index contributed by atoms with van der Waals surface area (Å²) in [6.45, 7) is 6.21. The van der Waals surface area contributed by atoms with Gasteiger partial charge in [-0.15, -0.1) is 0 Å². The molecule has 1 aromatic carbocycles. The molecule has 138 valence electrons. The summed E-state index contributed by atoms with van der Waals surface area (Å²) >= 11 is 0. The topological polar surface area (TPSA) is 67.6 Å². The fourth-order valence-corrected chi connectivity index (χ4v) is 3.66. The van der Waals surface area contributed by atoms with Gasteiger partial charge >= 0.3 is 0 Å². The lowest BCUT2D eigenvalue weighted by molar-refractivity contribution is 0.0331. The first-order valence-electron chi connectivity index (χ1n) is 9.33. The zero-order valence-electron chi connectivity index (χ0n) is 15.2. The summed E-state index contributed by atoms with van der Waals surface area (Å²) in [6, 6.07) is 7.81. The number of benzene rings is 1. The van der Waals surface area contributed by atoms with Crippen LogP contribution in [0.4, 0.5) is 0 Å². The van der Waals surface area contributed by atoms with E-state index < -0.39 is 0 Å². The number of nitrogens with one attached hydrogen (secondary N) is 1. The van der Waals surface area contributed by atoms with Gasteiger partial charge in [-0.2, -0.15) is 0 Å². The van der Waals surface area contributed by atoms with Crippen LogP contribution < -0.4 is 5.32 Å². The number of carbonyl (C=O) groups excluding carboxylic acids is 1. The fourth-order valence-electron chi connectivity index (χ4n) is 3.66. The second kappa shape index (κ2) is 7.60. The highest BCUT2D eigenvalue weighted by Crippen LogP contribution is 2.26. The molecule has 1 aliphatic carbocycles. The normalized spacial score (nSPS) is 20.6. The highest BCUT2D eigenvalue weighted by Gasteiger charge is 2.28. The molecule has 1 unspecified atom stereocenters. The highest BCUT2D eigenvalue weighted by atomic mass is 16.5. The molecule has 0 saturated carbocycles. The molecule has 2 aliphatic rings. The minimum absolute atomic E-state index is 0.00960. The van der Waals surface area contributed by atoms with Gasteiger partial charge < -0.3 is 14.6 Å². The second-order valence-electron chi connectivity index (χ2n) is 7.20. The molecule has 0 spiro atoms. The van der Waals surface area contributed by atoms with Crippen LogP contribution in [0.25, 0.3) is 0 Å². The van der Waals surface area contributed by atoms with E-state index in [1.54, 1.807) is 0 Å². The van der Waals surface area contributed by atoms with Crippen molar-refractivity contribution in [3.8, 4) is 0 Å². The van der Waals surface area contributed by atoms with Crippen LogP contribution in [0.3, 0.4) is 0 Å². The smallest absolute Gasteiger partial charge is 0.251 e. The number of hydrogen-bond acceptors (Lipinski definition) is 5. The van der Waals surface area contributed by atoms with Gasteiger partial charge in [-0.3, -0.25) is 9.69 Å². The number of aryl methyl sites for hydroxylation is 2. The maximum atomic E-state index is 12.5. The molecule has 26 heavy (non-hydrogen) atoms. The van der Waals surface area contributed by atoms with E-state index in [1.165, 1.54) is 5.56 Å². The third kappa shape index (κ3) is 3.81. The van der Waals surface area contributed by atoms with E-state index in [2.05, 4.69) is 15.4 Å². The molecule has 2 heterocycles. The Morgan fingerprint density at radius 2 is 2.04 bits per heavy atom. The summed E-state index contributed by atoms with van der Waals surface area (Å²) in [5.74, 6) is 0.971. The number of aromatic nitrogens is 1. The molecular formula is C20H25N3O3. The van der Waals surface area contributed by atoms with Crippen LogP contribution in [-0.2, 0) is 24.1 Å². The molecule has 1 aliphatic heterocycles. The van der Waals surface area contributed by atoms with Crippen LogP contribution in [-0.4, -0.2) is 48.3 Å². The number of morpholine rings is 1. The highest BCUT2D eigenvalue weighted by molar-refractivity contribution is 5.94. The van der Waals surface area contributed by atoms with Crippen molar-refractivity contribution in [2.75, 3.05) is 26.3 Å². The number of rotatable bonds is 4. The maximum absolute atomic E-state index is 12.5. The van der Waals surface area contributed by atoms with Gasteiger partial charge in [0.2, 0.25) is 0 Å². The third-order valence-corrected chi connectivity index (χ3v) is 5.25. The number of ether oxygens (including phenoxy) is 1. The van der Waals surface area contributed by atoms with Crippen LogP contribution in [0, 0.1) is 6.92 Å². The Morgan fingerprint density at radius 3 is 2.81 bits per heavy atom. The van der Waals surface area contributed by atoms with Crippen molar-refractivity contribution in [3.05, 3.63) is 52.4 Å². The lowest BCUT2D eigenvalue weighted by Gasteiger charge is -2.27. The van der Waals surface area contributed by atoms with Crippen molar-refractivity contribution in [2.45, 2.75) is 38.8 Å². The van der Waals surface area contributed by atoms with Gasteiger partial charge in [0, 0.05) is 43.2 Å². The average molecular weight is 355 g/mol. The van der Waals surface area contributed by atoms with Crippen LogP contribution in [0.1, 0.15) is 39.4 Å². The first-order chi connectivity index (χ1) is 12.7. The fraction of sp³-hybridized carbons (Fsp3) is 0.500. The molecule has 0 radical (unpaired) electrons. The lowest BCUT2D eigenvalue weighted by atomic mass is 9.91. The zero-order chi connectivity index (χ0) is 17.9. The summed E-state index contributed by atoms with van der Waals surface area (Å²) in [7, 11) is 0. The van der Waals surface area contributed by atoms with Crippen LogP contribution >= 0.6 is 0 Å². The van der Waals surface area contributed by atoms with Crippen molar-refractivity contribution >= 4 is 5.91 Å². The number of hydrogen-bond donors (Lipinski definition) is 1. The quantitative estimate of drug-likeness (QED) is 0.910. The van der Waals surface area contributed by atoms with Crippen molar-refractivity contribution in [2.24, 2.45) is 0 Å². The van der Waals surface area contributed by atoms with Gasteiger partial charge in [-0.1, -0.05) is 22.9 Å². The van der Waals surface area contributed by atoms with Gasteiger partial charge in [0.15, 0.2) is 0 Å². The van der Waals surface area contributed by atoms with Crippen LogP contribution in [0.5, 0.6) is 0 Å². The summed E-state index contributed by atoms with van der Waals surface area (Å²) in [4.78, 5) is 14.8. The third-order valence-electron chi connectivity index (χ3n) is 5.25. The standard InChI is InChI=1S/C20H25N3O3/c1-14-2-4-15(5-3-14)20(24)21-16-6-7-19-17(12-16)18(22-26-19)13-23-8-10-25-11-9-23/h2-5,16H,6-13H2,1H3,(H,21,24). The van der Waals surface area contributed by atoms with Crippen molar-refractivity contribution in [1.29, 1.82) is 0 Å². The maximum Gasteiger partial charge on any atom is 0.251 e. The van der Waals surface area contributed by atoms with Crippen molar-refractivity contribution in [1.82, 2.24) is 15.4 Å². The lowest BCUT2D eigenvalue weighted by Crippen LogP contribution is -2.39. The van der Waals surface area contributed by atoms with Crippen LogP contribution in [0.15, 0.2) is 28.8 Å². The van der Waals surface area contributed by atoms with Gasteiger partial charge in [0.05, 0.1) is 13.2 Å². The average Bonchev–Trinajstić information content (AvgIpc) is 3.05. The molecular weight excluding hydrogens is 330 g/mol. The van der Waals surface area contributed by atoms with Gasteiger partial charge in [0.25, 0.3) is 5.91 Å². The number of amides is 1. The van der Waals surface area contributed by atoms with E-state index in [-0.39, 0.29) is 11.9 Å². The molecule has 1 N–H and O–H groups in total. The predicted octanol–water partition coefficient (Wildman–Crippen LogP) is 2.10. The summed E-state index contributed by atoms with van der Waals surface area (Å²) in [5, 5.41) is 7.48. The number of carbonyl (C=O) groups is 1. The molecule has 1 atom stereocenters. The van der Waals surface area contributed by atoms with E-state index in [0.29, 0.717) is 5.56 Å². The SMILES string of the molecule is Cc1ccc(C(=O)NC2CCc3onc(CN4CCOCC4)c3C2)cc1. The first kappa shape index (κ1) is 17.2.